The molecular formula is C20H27N3O5S. The number of alkyl carbamates (subject to hydrolysis) is 1. The van der Waals surface area contributed by atoms with Crippen molar-refractivity contribution in [3.8, 4) is 0 Å². The molecule has 29 heavy (non-hydrogen) atoms. The van der Waals surface area contributed by atoms with E-state index in [1.165, 1.54) is 16.2 Å². The average Bonchev–Trinajstić information content (AvgIpc) is 3.07. The van der Waals surface area contributed by atoms with Crippen LogP contribution < -0.4 is 5.32 Å². The molecule has 0 saturated carbocycles. The standard InChI is InChI=1S/C20H27N3O5S/c1-13(18-22-14-8-6-7-9-15(14)29-18)23(5)16(24)12-27-17(25)10-11-21-19(26)28-20(2,3)4/h6-9,13H,10-12H2,1-5H3,(H,21,26)/t13-/m0/s1. The molecule has 1 N–H and O–H groups in total. The molecule has 8 nitrogen and oxygen atoms in total. The summed E-state index contributed by atoms with van der Waals surface area (Å²) < 4.78 is 11.1. The van der Waals surface area contributed by atoms with Crippen LogP contribution in [-0.4, -0.2) is 53.7 Å². The van der Waals surface area contributed by atoms with E-state index in [-0.39, 0.29) is 31.5 Å². The van der Waals surface area contributed by atoms with Gasteiger partial charge in [0.15, 0.2) is 6.61 Å². The van der Waals surface area contributed by atoms with Crippen molar-refractivity contribution in [2.45, 2.75) is 45.8 Å². The summed E-state index contributed by atoms with van der Waals surface area (Å²) in [6, 6.07) is 7.53. The van der Waals surface area contributed by atoms with Crippen molar-refractivity contribution in [1.82, 2.24) is 15.2 Å². The zero-order valence-electron chi connectivity index (χ0n) is 17.4. The predicted molar refractivity (Wildman–Crippen MR) is 111 cm³/mol. The molecule has 0 aliphatic rings. The summed E-state index contributed by atoms with van der Waals surface area (Å²) in [5.41, 5.74) is 0.283. The maximum atomic E-state index is 12.4. The van der Waals surface area contributed by atoms with Crippen LogP contribution in [0.5, 0.6) is 0 Å². The summed E-state index contributed by atoms with van der Waals surface area (Å²) in [5, 5.41) is 3.28. The van der Waals surface area contributed by atoms with Crippen molar-refractivity contribution >= 4 is 39.5 Å². The van der Waals surface area contributed by atoms with Gasteiger partial charge in [0.25, 0.3) is 5.91 Å². The number of para-hydroxylation sites is 1. The fourth-order valence-electron chi connectivity index (χ4n) is 2.35. The third-order valence-electron chi connectivity index (χ3n) is 4.00. The number of likely N-dealkylation sites (N-methyl/N-ethyl adjacent to an activating group) is 1. The van der Waals surface area contributed by atoms with E-state index in [1.807, 2.05) is 31.2 Å². The van der Waals surface area contributed by atoms with E-state index in [2.05, 4.69) is 10.3 Å². The van der Waals surface area contributed by atoms with Crippen LogP contribution in [-0.2, 0) is 19.1 Å². The van der Waals surface area contributed by atoms with Crippen molar-refractivity contribution in [2.75, 3.05) is 20.2 Å². The first-order valence-electron chi connectivity index (χ1n) is 9.30. The number of hydrogen-bond acceptors (Lipinski definition) is 7. The number of nitrogens with one attached hydrogen (secondary N) is 1. The van der Waals surface area contributed by atoms with Gasteiger partial charge in [-0.05, 0) is 39.8 Å². The van der Waals surface area contributed by atoms with Crippen molar-refractivity contribution in [3.63, 3.8) is 0 Å². The molecular weight excluding hydrogens is 394 g/mol. The maximum Gasteiger partial charge on any atom is 0.407 e. The number of hydrogen-bond donors (Lipinski definition) is 1. The molecule has 0 aliphatic heterocycles. The van der Waals surface area contributed by atoms with E-state index in [4.69, 9.17) is 9.47 Å². The Morgan fingerprint density at radius 3 is 2.59 bits per heavy atom. The van der Waals surface area contributed by atoms with Crippen molar-refractivity contribution < 1.29 is 23.9 Å². The number of nitrogens with zero attached hydrogens (tertiary/aromatic N) is 2. The van der Waals surface area contributed by atoms with Crippen molar-refractivity contribution in [1.29, 1.82) is 0 Å². The number of thiazole rings is 1. The van der Waals surface area contributed by atoms with Crippen LogP contribution in [0.15, 0.2) is 24.3 Å². The van der Waals surface area contributed by atoms with Gasteiger partial charge in [0.05, 0.1) is 22.7 Å². The van der Waals surface area contributed by atoms with Gasteiger partial charge in [-0.3, -0.25) is 9.59 Å². The highest BCUT2D eigenvalue weighted by molar-refractivity contribution is 7.18. The van der Waals surface area contributed by atoms with E-state index >= 15 is 0 Å². The van der Waals surface area contributed by atoms with Crippen LogP contribution in [0.25, 0.3) is 10.2 Å². The summed E-state index contributed by atoms with van der Waals surface area (Å²) in [6.07, 6.45) is -0.658. The Balaban J connectivity index is 1.76. The first-order valence-corrected chi connectivity index (χ1v) is 10.1. The SMILES string of the molecule is C[C@@H](c1nc2ccccc2s1)N(C)C(=O)COC(=O)CCNC(=O)OC(C)(C)C. The first kappa shape index (κ1) is 22.6. The number of fused-ring (bicyclic) bond motifs is 1. The van der Waals surface area contributed by atoms with Gasteiger partial charge >= 0.3 is 12.1 Å². The molecule has 9 heteroatoms. The van der Waals surface area contributed by atoms with Gasteiger partial charge in [0, 0.05) is 13.6 Å². The zero-order chi connectivity index (χ0) is 21.6. The molecule has 2 amide bonds. The van der Waals surface area contributed by atoms with Gasteiger partial charge in [-0.15, -0.1) is 11.3 Å². The minimum Gasteiger partial charge on any atom is -0.456 e. The van der Waals surface area contributed by atoms with Crippen molar-refractivity contribution in [2.24, 2.45) is 0 Å². The summed E-state index contributed by atoms with van der Waals surface area (Å²) in [6.45, 7) is 6.83. The number of amides is 2. The Morgan fingerprint density at radius 1 is 1.24 bits per heavy atom. The topological polar surface area (TPSA) is 97.8 Å². The monoisotopic (exact) mass is 421 g/mol. The fraction of sp³-hybridized carbons (Fsp3) is 0.500. The Kier molecular flexibility index (Phi) is 7.55. The predicted octanol–water partition coefficient (Wildman–Crippen LogP) is 3.27. The van der Waals surface area contributed by atoms with E-state index < -0.39 is 17.7 Å². The van der Waals surface area contributed by atoms with Crippen LogP contribution in [0.1, 0.15) is 45.2 Å². The quantitative estimate of drug-likeness (QED) is 0.689. The summed E-state index contributed by atoms with van der Waals surface area (Å²) >= 11 is 1.53. The van der Waals surface area contributed by atoms with Gasteiger partial charge in [-0.25, -0.2) is 9.78 Å². The van der Waals surface area contributed by atoms with E-state index in [0.29, 0.717) is 0 Å². The van der Waals surface area contributed by atoms with Crippen LogP contribution in [0.3, 0.4) is 0 Å². The molecule has 0 aliphatic carbocycles. The molecule has 2 rings (SSSR count). The average molecular weight is 422 g/mol. The summed E-state index contributed by atoms with van der Waals surface area (Å²) in [4.78, 5) is 41.7. The van der Waals surface area contributed by atoms with Gasteiger partial charge in [-0.1, -0.05) is 12.1 Å². The third-order valence-corrected chi connectivity index (χ3v) is 5.20. The van der Waals surface area contributed by atoms with Crippen LogP contribution in [0, 0.1) is 0 Å². The second-order valence-corrected chi connectivity index (χ2v) is 8.60. The molecule has 158 valence electrons. The minimum atomic E-state index is -0.610. The van der Waals surface area contributed by atoms with Crippen LogP contribution in [0.2, 0.25) is 0 Å². The summed E-state index contributed by atoms with van der Waals surface area (Å²) in [7, 11) is 1.65. The largest absolute Gasteiger partial charge is 0.456 e. The Bertz CT molecular complexity index is 841. The minimum absolute atomic E-state index is 0.0519. The fourth-order valence-corrected chi connectivity index (χ4v) is 3.41. The normalized spacial score (nSPS) is 12.3. The molecule has 0 saturated heterocycles. The molecule has 0 unspecified atom stereocenters. The molecule has 0 radical (unpaired) electrons. The van der Waals surface area contributed by atoms with Gasteiger partial charge < -0.3 is 19.7 Å². The van der Waals surface area contributed by atoms with Crippen molar-refractivity contribution in [3.05, 3.63) is 29.3 Å². The summed E-state index contributed by atoms with van der Waals surface area (Å²) in [5.74, 6) is -0.902. The first-order chi connectivity index (χ1) is 13.6. The lowest BCUT2D eigenvalue weighted by molar-refractivity contribution is -0.152. The highest BCUT2D eigenvalue weighted by Gasteiger charge is 2.22. The molecule has 2 aromatic rings. The molecule has 1 heterocycles. The van der Waals surface area contributed by atoms with Crippen LogP contribution in [0.4, 0.5) is 4.79 Å². The maximum absolute atomic E-state index is 12.4. The lowest BCUT2D eigenvalue weighted by Gasteiger charge is -2.23. The number of aromatic nitrogens is 1. The van der Waals surface area contributed by atoms with Gasteiger partial charge in [0.2, 0.25) is 0 Å². The van der Waals surface area contributed by atoms with E-state index in [9.17, 15) is 14.4 Å². The number of carbonyl (C=O) groups is 3. The zero-order valence-corrected chi connectivity index (χ0v) is 18.2. The molecule has 0 bridgehead atoms. The Labute approximate surface area is 174 Å². The molecule has 1 atom stereocenters. The lowest BCUT2D eigenvalue weighted by atomic mass is 10.2. The Hall–Kier alpha value is -2.68. The molecule has 0 fully saturated rings. The highest BCUT2D eigenvalue weighted by Crippen LogP contribution is 2.28. The van der Waals surface area contributed by atoms with E-state index in [1.54, 1.807) is 27.8 Å². The number of esters is 1. The molecule has 1 aromatic carbocycles. The van der Waals surface area contributed by atoms with Crippen LogP contribution >= 0.6 is 11.3 Å². The second kappa shape index (κ2) is 9.69. The number of rotatable bonds is 7. The van der Waals surface area contributed by atoms with Gasteiger partial charge in [-0.2, -0.15) is 0 Å². The third kappa shape index (κ3) is 7.01. The smallest absolute Gasteiger partial charge is 0.407 e. The van der Waals surface area contributed by atoms with Gasteiger partial charge in [0.1, 0.15) is 10.6 Å². The number of benzene rings is 1. The second-order valence-electron chi connectivity index (χ2n) is 7.54. The molecule has 0 spiro atoms. The Morgan fingerprint density at radius 2 is 1.93 bits per heavy atom. The number of ether oxygens (including phenoxy) is 2. The lowest BCUT2D eigenvalue weighted by Crippen LogP contribution is -2.35. The molecule has 1 aromatic heterocycles. The highest BCUT2D eigenvalue weighted by atomic mass is 32.1. The number of carbonyl (C=O) groups excluding carboxylic acids is 3. The van der Waals surface area contributed by atoms with E-state index in [0.717, 1.165) is 15.2 Å².